The Hall–Kier alpha value is -1.89. The molecule has 0 aliphatic rings. The number of benzene rings is 1. The molecular formula is C10H9FN2O. The van der Waals surface area contributed by atoms with Gasteiger partial charge in [0.05, 0.1) is 5.56 Å². The maximum Gasteiger partial charge on any atom is 0.224 e. The van der Waals surface area contributed by atoms with Gasteiger partial charge in [0, 0.05) is 12.1 Å². The third kappa shape index (κ3) is 2.30. The summed E-state index contributed by atoms with van der Waals surface area (Å²) in [7, 11) is 0. The highest BCUT2D eigenvalue weighted by molar-refractivity contribution is 5.90. The number of carbonyl (C=O) groups is 1. The lowest BCUT2D eigenvalue weighted by molar-refractivity contribution is -0.115. The van der Waals surface area contributed by atoms with Crippen LogP contribution in [0.3, 0.4) is 0 Å². The van der Waals surface area contributed by atoms with Gasteiger partial charge in [-0.2, -0.15) is 5.26 Å². The predicted molar refractivity (Wildman–Crippen MR) is 50.0 cm³/mol. The molecule has 1 N–H and O–H groups in total. The number of nitrogens with zero attached hydrogens (tertiary/aromatic N) is 1. The monoisotopic (exact) mass is 192 g/mol. The molecule has 0 aromatic heterocycles. The molecule has 0 atom stereocenters. The van der Waals surface area contributed by atoms with Gasteiger partial charge in [-0.25, -0.2) is 4.39 Å². The summed E-state index contributed by atoms with van der Waals surface area (Å²) in [6.45, 7) is 1.71. The minimum atomic E-state index is -0.581. The molecule has 0 saturated carbocycles. The van der Waals surface area contributed by atoms with E-state index in [1.165, 1.54) is 12.1 Å². The van der Waals surface area contributed by atoms with Crippen LogP contribution in [0.4, 0.5) is 10.1 Å². The van der Waals surface area contributed by atoms with E-state index in [0.29, 0.717) is 12.1 Å². The number of halogens is 1. The first kappa shape index (κ1) is 10.2. The van der Waals surface area contributed by atoms with Gasteiger partial charge < -0.3 is 5.32 Å². The molecule has 72 valence electrons. The fraction of sp³-hybridized carbons (Fsp3) is 0.200. The molecule has 4 heteroatoms. The number of hydrogen-bond donors (Lipinski definition) is 1. The fourth-order valence-corrected chi connectivity index (χ4v) is 0.938. The molecule has 0 unspecified atom stereocenters. The van der Waals surface area contributed by atoms with E-state index in [0.717, 1.165) is 6.07 Å². The van der Waals surface area contributed by atoms with Crippen molar-refractivity contribution in [2.75, 3.05) is 5.32 Å². The number of nitriles is 1. The average Bonchev–Trinajstić information content (AvgIpc) is 2.20. The van der Waals surface area contributed by atoms with Crippen LogP contribution in [0.2, 0.25) is 0 Å². The molecular weight excluding hydrogens is 183 g/mol. The van der Waals surface area contributed by atoms with Crippen molar-refractivity contribution in [3.05, 3.63) is 29.6 Å². The molecule has 1 aromatic rings. The topological polar surface area (TPSA) is 52.9 Å². The summed E-state index contributed by atoms with van der Waals surface area (Å²) in [4.78, 5) is 11.0. The zero-order valence-corrected chi connectivity index (χ0v) is 7.67. The lowest BCUT2D eigenvalue weighted by atomic mass is 10.2. The van der Waals surface area contributed by atoms with Gasteiger partial charge in [0.1, 0.15) is 11.9 Å². The maximum atomic E-state index is 12.9. The summed E-state index contributed by atoms with van der Waals surface area (Å²) in [5.74, 6) is -0.748. The first-order chi connectivity index (χ1) is 6.67. The van der Waals surface area contributed by atoms with Crippen LogP contribution in [0.25, 0.3) is 0 Å². The summed E-state index contributed by atoms with van der Waals surface area (Å²) in [6.07, 6.45) is 0.346. The van der Waals surface area contributed by atoms with Crippen LogP contribution in [0.15, 0.2) is 18.2 Å². The Bertz CT molecular complexity index is 396. The van der Waals surface area contributed by atoms with Gasteiger partial charge in [0.2, 0.25) is 5.91 Å². The summed E-state index contributed by atoms with van der Waals surface area (Å²) < 4.78 is 12.9. The Labute approximate surface area is 81.2 Å². The van der Waals surface area contributed by atoms with E-state index in [-0.39, 0.29) is 11.5 Å². The number of nitrogens with one attached hydrogen (secondary N) is 1. The molecule has 14 heavy (non-hydrogen) atoms. The highest BCUT2D eigenvalue weighted by Gasteiger charge is 2.04. The van der Waals surface area contributed by atoms with E-state index >= 15 is 0 Å². The molecule has 1 rings (SSSR count). The number of carbonyl (C=O) groups excluding carboxylic acids is 1. The Morgan fingerprint density at radius 2 is 2.36 bits per heavy atom. The lowest BCUT2D eigenvalue weighted by Gasteiger charge is -2.03. The molecule has 0 saturated heterocycles. The van der Waals surface area contributed by atoms with Gasteiger partial charge in [0.15, 0.2) is 0 Å². The van der Waals surface area contributed by atoms with Crippen molar-refractivity contribution in [1.82, 2.24) is 0 Å². The summed E-state index contributed by atoms with van der Waals surface area (Å²) >= 11 is 0. The number of hydrogen-bond acceptors (Lipinski definition) is 2. The SMILES string of the molecule is CCC(=O)Nc1ccc(F)c(C#N)c1. The molecule has 0 aliphatic heterocycles. The van der Waals surface area contributed by atoms with Crippen LogP contribution in [-0.4, -0.2) is 5.91 Å². The van der Waals surface area contributed by atoms with E-state index in [1.807, 2.05) is 0 Å². The van der Waals surface area contributed by atoms with Gasteiger partial charge in [-0.1, -0.05) is 6.92 Å². The van der Waals surface area contributed by atoms with Crippen molar-refractivity contribution >= 4 is 11.6 Å². The van der Waals surface area contributed by atoms with Crippen LogP contribution in [0, 0.1) is 17.1 Å². The van der Waals surface area contributed by atoms with Gasteiger partial charge in [0.25, 0.3) is 0 Å². The second-order valence-corrected chi connectivity index (χ2v) is 2.71. The molecule has 0 fully saturated rings. The first-order valence-corrected chi connectivity index (χ1v) is 4.17. The number of amides is 1. The fourth-order valence-electron chi connectivity index (χ4n) is 0.938. The average molecular weight is 192 g/mol. The van der Waals surface area contributed by atoms with Crippen LogP contribution < -0.4 is 5.32 Å². The van der Waals surface area contributed by atoms with E-state index in [1.54, 1.807) is 13.0 Å². The summed E-state index contributed by atoms with van der Waals surface area (Å²) in [5.41, 5.74) is 0.369. The highest BCUT2D eigenvalue weighted by Crippen LogP contribution is 2.13. The second-order valence-electron chi connectivity index (χ2n) is 2.71. The van der Waals surface area contributed by atoms with Crippen molar-refractivity contribution < 1.29 is 9.18 Å². The van der Waals surface area contributed by atoms with Crippen molar-refractivity contribution in [3.8, 4) is 6.07 Å². The second kappa shape index (κ2) is 4.38. The van der Waals surface area contributed by atoms with E-state index < -0.39 is 5.82 Å². The van der Waals surface area contributed by atoms with Crippen molar-refractivity contribution in [2.24, 2.45) is 0 Å². The number of rotatable bonds is 2. The third-order valence-corrected chi connectivity index (χ3v) is 1.69. The molecule has 0 bridgehead atoms. The third-order valence-electron chi connectivity index (χ3n) is 1.69. The lowest BCUT2D eigenvalue weighted by Crippen LogP contribution is -2.09. The van der Waals surface area contributed by atoms with Gasteiger partial charge >= 0.3 is 0 Å². The summed E-state index contributed by atoms with van der Waals surface area (Å²) in [6, 6.07) is 5.59. The van der Waals surface area contributed by atoms with E-state index in [2.05, 4.69) is 5.32 Å². The van der Waals surface area contributed by atoms with Crippen LogP contribution in [-0.2, 0) is 4.79 Å². The molecule has 3 nitrogen and oxygen atoms in total. The van der Waals surface area contributed by atoms with E-state index in [4.69, 9.17) is 5.26 Å². The van der Waals surface area contributed by atoms with Crippen molar-refractivity contribution in [2.45, 2.75) is 13.3 Å². The van der Waals surface area contributed by atoms with Crippen LogP contribution in [0.1, 0.15) is 18.9 Å². The molecule has 1 amide bonds. The van der Waals surface area contributed by atoms with Crippen LogP contribution >= 0.6 is 0 Å². The Balaban J connectivity index is 2.91. The van der Waals surface area contributed by atoms with Crippen molar-refractivity contribution in [3.63, 3.8) is 0 Å². The Kier molecular flexibility index (Phi) is 3.19. The smallest absolute Gasteiger partial charge is 0.224 e. The Morgan fingerprint density at radius 1 is 1.64 bits per heavy atom. The van der Waals surface area contributed by atoms with Crippen LogP contribution in [0.5, 0.6) is 0 Å². The minimum Gasteiger partial charge on any atom is -0.326 e. The Morgan fingerprint density at radius 3 is 2.93 bits per heavy atom. The molecule has 0 spiro atoms. The maximum absolute atomic E-state index is 12.9. The van der Waals surface area contributed by atoms with Gasteiger partial charge in [-0.15, -0.1) is 0 Å². The minimum absolute atomic E-state index is 0.0705. The normalized spacial score (nSPS) is 9.21. The van der Waals surface area contributed by atoms with E-state index in [9.17, 15) is 9.18 Å². The molecule has 1 aromatic carbocycles. The molecule has 0 heterocycles. The highest BCUT2D eigenvalue weighted by atomic mass is 19.1. The number of anilines is 1. The van der Waals surface area contributed by atoms with Gasteiger partial charge in [-0.05, 0) is 18.2 Å². The predicted octanol–water partition coefficient (Wildman–Crippen LogP) is 2.05. The standard InChI is InChI=1S/C10H9FN2O/c1-2-10(14)13-8-3-4-9(11)7(5-8)6-12/h3-5H,2H2,1H3,(H,13,14). The largest absolute Gasteiger partial charge is 0.326 e. The zero-order valence-electron chi connectivity index (χ0n) is 7.67. The first-order valence-electron chi connectivity index (χ1n) is 4.17. The quantitative estimate of drug-likeness (QED) is 0.779. The summed E-state index contributed by atoms with van der Waals surface area (Å²) in [5, 5.41) is 11.1. The molecule has 0 radical (unpaired) electrons. The van der Waals surface area contributed by atoms with Crippen molar-refractivity contribution in [1.29, 1.82) is 5.26 Å². The van der Waals surface area contributed by atoms with Gasteiger partial charge in [-0.3, -0.25) is 4.79 Å². The zero-order chi connectivity index (χ0) is 10.6. The molecule has 0 aliphatic carbocycles.